The first-order chi connectivity index (χ1) is 8.68. The van der Waals surface area contributed by atoms with Crippen molar-refractivity contribution in [3.8, 4) is 0 Å². The van der Waals surface area contributed by atoms with Crippen LogP contribution in [0.5, 0.6) is 0 Å². The monoisotopic (exact) mass is 237 g/mol. The van der Waals surface area contributed by atoms with Crippen LogP contribution >= 0.6 is 0 Å². The minimum atomic E-state index is 0.862. The summed E-state index contributed by atoms with van der Waals surface area (Å²) in [4.78, 5) is 2.25. The molecule has 0 amide bonds. The van der Waals surface area contributed by atoms with E-state index in [9.17, 15) is 0 Å². The molecule has 0 fully saturated rings. The Labute approximate surface area is 109 Å². The molecular weight excluding hydrogens is 218 g/mol. The van der Waals surface area contributed by atoms with Crippen LogP contribution in [0.15, 0.2) is 66.9 Å². The smallest absolute Gasteiger partial charge is 0.0478 e. The van der Waals surface area contributed by atoms with Crippen molar-refractivity contribution in [3.05, 3.63) is 78.0 Å². The minimum Gasteiger partial charge on any atom is -0.341 e. The fraction of sp³-hybridized carbons (Fsp3) is 0.176. The average Bonchev–Trinajstić information content (AvgIpc) is 2.38. The van der Waals surface area contributed by atoms with E-state index in [0.29, 0.717) is 0 Å². The minimum absolute atomic E-state index is 0.862. The van der Waals surface area contributed by atoms with Gasteiger partial charge in [-0.25, -0.2) is 0 Å². The van der Waals surface area contributed by atoms with Crippen molar-refractivity contribution in [1.29, 1.82) is 0 Å². The molecule has 0 radical (unpaired) electrons. The molecule has 2 rings (SSSR count). The Balaban J connectivity index is 2.30. The molecule has 0 N–H and O–H groups in total. The first kappa shape index (κ1) is 12.4. The number of nitrogens with zero attached hydrogens (tertiary/aromatic N) is 1. The van der Waals surface area contributed by atoms with E-state index in [1.807, 2.05) is 6.07 Å². The van der Waals surface area contributed by atoms with E-state index in [-0.39, 0.29) is 0 Å². The molecule has 0 saturated carbocycles. The summed E-state index contributed by atoms with van der Waals surface area (Å²) in [6.45, 7) is 9.14. The molecule has 1 nitrogen and oxygen atoms in total. The summed E-state index contributed by atoms with van der Waals surface area (Å²) in [5.74, 6) is 0. The van der Waals surface area contributed by atoms with Gasteiger partial charge in [-0.1, -0.05) is 55.1 Å². The summed E-state index contributed by atoms with van der Waals surface area (Å²) in [5.41, 5.74) is 4.86. The summed E-state index contributed by atoms with van der Waals surface area (Å²) in [6, 6.07) is 18.9. The highest BCUT2D eigenvalue weighted by molar-refractivity contribution is 5.57. The van der Waals surface area contributed by atoms with Crippen LogP contribution < -0.4 is 4.90 Å². The van der Waals surface area contributed by atoms with E-state index in [1.165, 1.54) is 16.8 Å². The molecule has 0 unspecified atom stereocenters. The Morgan fingerprint density at radius 3 is 2.22 bits per heavy atom. The van der Waals surface area contributed by atoms with Crippen LogP contribution in [0.3, 0.4) is 0 Å². The van der Waals surface area contributed by atoms with Gasteiger partial charge in [0.25, 0.3) is 0 Å². The molecule has 0 aliphatic carbocycles. The van der Waals surface area contributed by atoms with Gasteiger partial charge >= 0.3 is 0 Å². The number of hydrogen-bond acceptors (Lipinski definition) is 1. The molecule has 0 bridgehead atoms. The lowest BCUT2D eigenvalue weighted by Crippen LogP contribution is -2.20. The van der Waals surface area contributed by atoms with E-state index in [4.69, 9.17) is 0 Å². The fourth-order valence-electron chi connectivity index (χ4n) is 2.06. The maximum Gasteiger partial charge on any atom is 0.0478 e. The number of hydrogen-bond donors (Lipinski definition) is 0. The van der Waals surface area contributed by atoms with Crippen LogP contribution in [0.1, 0.15) is 18.1 Å². The van der Waals surface area contributed by atoms with Gasteiger partial charge in [-0.05, 0) is 31.0 Å². The predicted molar refractivity (Wildman–Crippen MR) is 78.6 cm³/mol. The third kappa shape index (κ3) is 2.80. The zero-order chi connectivity index (χ0) is 13.0. The second-order valence-electron chi connectivity index (χ2n) is 4.59. The van der Waals surface area contributed by atoms with E-state index in [1.54, 1.807) is 0 Å². The van der Waals surface area contributed by atoms with Crippen LogP contribution in [-0.4, -0.2) is 0 Å². The van der Waals surface area contributed by atoms with Gasteiger partial charge in [0.1, 0.15) is 0 Å². The maximum absolute atomic E-state index is 4.10. The molecule has 2 aromatic carbocycles. The molecule has 1 heteroatoms. The molecule has 92 valence electrons. The maximum atomic E-state index is 4.10. The van der Waals surface area contributed by atoms with Crippen molar-refractivity contribution < 1.29 is 0 Å². The van der Waals surface area contributed by atoms with Crippen LogP contribution in [0.2, 0.25) is 0 Å². The highest BCUT2D eigenvalue weighted by Gasteiger charge is 2.09. The van der Waals surface area contributed by atoms with E-state index >= 15 is 0 Å². The first-order valence-corrected chi connectivity index (χ1v) is 6.21. The quantitative estimate of drug-likeness (QED) is 0.755. The van der Waals surface area contributed by atoms with E-state index in [0.717, 1.165) is 12.2 Å². The van der Waals surface area contributed by atoms with Gasteiger partial charge in [0.15, 0.2) is 0 Å². The van der Waals surface area contributed by atoms with Crippen LogP contribution in [-0.2, 0) is 6.54 Å². The third-order valence-corrected chi connectivity index (χ3v) is 3.05. The highest BCUT2D eigenvalue weighted by Crippen LogP contribution is 2.24. The van der Waals surface area contributed by atoms with Crippen molar-refractivity contribution in [1.82, 2.24) is 0 Å². The molecule has 18 heavy (non-hydrogen) atoms. The lowest BCUT2D eigenvalue weighted by molar-refractivity contribution is 0.911. The zero-order valence-electron chi connectivity index (χ0n) is 11.1. The van der Waals surface area contributed by atoms with Crippen molar-refractivity contribution in [2.24, 2.45) is 0 Å². The Bertz CT molecular complexity index is 528. The summed E-state index contributed by atoms with van der Waals surface area (Å²) in [6.07, 6.45) is 0. The van der Waals surface area contributed by atoms with Crippen molar-refractivity contribution >= 4 is 5.69 Å². The largest absolute Gasteiger partial charge is 0.341 e. The van der Waals surface area contributed by atoms with E-state index in [2.05, 4.69) is 73.9 Å². The van der Waals surface area contributed by atoms with Crippen LogP contribution in [0.4, 0.5) is 5.69 Å². The average molecular weight is 237 g/mol. The molecule has 0 saturated heterocycles. The summed E-state index contributed by atoms with van der Waals surface area (Å²) < 4.78 is 0. The fourth-order valence-corrected chi connectivity index (χ4v) is 2.06. The molecule has 0 atom stereocenters. The first-order valence-electron chi connectivity index (χ1n) is 6.21. The van der Waals surface area contributed by atoms with Crippen molar-refractivity contribution in [2.75, 3.05) is 4.90 Å². The van der Waals surface area contributed by atoms with Gasteiger partial charge in [-0.2, -0.15) is 0 Å². The molecule has 0 aliphatic heterocycles. The Morgan fingerprint density at radius 2 is 1.61 bits per heavy atom. The lowest BCUT2D eigenvalue weighted by Gasteiger charge is -2.26. The van der Waals surface area contributed by atoms with Gasteiger partial charge < -0.3 is 4.90 Å². The third-order valence-electron chi connectivity index (χ3n) is 3.05. The Hall–Kier alpha value is -2.02. The van der Waals surface area contributed by atoms with Gasteiger partial charge in [0, 0.05) is 17.9 Å². The number of rotatable bonds is 4. The summed E-state index contributed by atoms with van der Waals surface area (Å²) in [5, 5.41) is 0. The topological polar surface area (TPSA) is 3.24 Å². The standard InChI is InChI=1S/C17H19N/c1-14(2)18(13-16-10-5-4-6-11-16)17-12-8-7-9-15(17)3/h4-12H,1,13H2,2-3H3. The summed E-state index contributed by atoms with van der Waals surface area (Å²) >= 11 is 0. The second-order valence-corrected chi connectivity index (χ2v) is 4.59. The summed E-state index contributed by atoms with van der Waals surface area (Å²) in [7, 11) is 0. The van der Waals surface area contributed by atoms with Gasteiger partial charge in [-0.3, -0.25) is 0 Å². The lowest BCUT2D eigenvalue weighted by atomic mass is 10.1. The number of benzene rings is 2. The van der Waals surface area contributed by atoms with E-state index < -0.39 is 0 Å². The van der Waals surface area contributed by atoms with Gasteiger partial charge in [-0.15, -0.1) is 0 Å². The molecule has 0 heterocycles. The highest BCUT2D eigenvalue weighted by atomic mass is 15.1. The molecule has 0 spiro atoms. The predicted octanol–water partition coefficient (Wildman–Crippen LogP) is 4.54. The SMILES string of the molecule is C=C(C)N(Cc1ccccc1)c1ccccc1C. The van der Waals surface area contributed by atoms with Crippen LogP contribution in [0, 0.1) is 6.92 Å². The molecule has 0 aliphatic rings. The molecule has 0 aromatic heterocycles. The number of para-hydroxylation sites is 1. The Morgan fingerprint density at radius 1 is 1.00 bits per heavy atom. The molecule has 2 aromatic rings. The normalized spacial score (nSPS) is 10.1. The number of allylic oxidation sites excluding steroid dienone is 1. The second kappa shape index (κ2) is 5.54. The number of anilines is 1. The van der Waals surface area contributed by atoms with Crippen molar-refractivity contribution in [2.45, 2.75) is 20.4 Å². The molecular formula is C17H19N. The Kier molecular flexibility index (Phi) is 3.83. The van der Waals surface area contributed by atoms with Crippen molar-refractivity contribution in [3.63, 3.8) is 0 Å². The van der Waals surface area contributed by atoms with Crippen LogP contribution in [0.25, 0.3) is 0 Å². The van der Waals surface area contributed by atoms with Gasteiger partial charge in [0.2, 0.25) is 0 Å². The number of aryl methyl sites for hydroxylation is 1. The van der Waals surface area contributed by atoms with Gasteiger partial charge in [0.05, 0.1) is 0 Å². The zero-order valence-corrected chi connectivity index (χ0v) is 11.1.